The first-order valence-corrected chi connectivity index (χ1v) is 17.9. The maximum atomic E-state index is 2.45. The lowest BCUT2D eigenvalue weighted by Gasteiger charge is -2.13. The molecule has 7 aromatic rings. The van der Waals surface area contributed by atoms with Crippen molar-refractivity contribution in [3.8, 4) is 22.5 Å². The molecule has 5 aromatic carbocycles. The molecule has 2 aliphatic carbocycles. The van der Waals surface area contributed by atoms with E-state index >= 15 is 0 Å². The summed E-state index contributed by atoms with van der Waals surface area (Å²) in [5.74, 6) is 1.44. The van der Waals surface area contributed by atoms with E-state index in [9.17, 15) is 0 Å². The second kappa shape index (κ2) is 15.2. The minimum atomic E-state index is 0.698. The second-order valence-electron chi connectivity index (χ2n) is 11.0. The molecule has 240 valence electrons. The molecule has 2 aromatic heterocycles. The quantitative estimate of drug-likeness (QED) is 0.186. The first kappa shape index (κ1) is 33.5. The molecular weight excluding hydrogens is 569 g/mol. The summed E-state index contributed by atoms with van der Waals surface area (Å²) in [5, 5.41) is 3.99. The topological polar surface area (TPSA) is 9.86 Å². The van der Waals surface area contributed by atoms with E-state index < -0.39 is 0 Å². The Morgan fingerprint density at radius 2 is 0.851 bits per heavy atom. The Balaban J connectivity index is 0.000000507. The zero-order valence-electron chi connectivity index (χ0n) is 29.5. The minimum Gasteiger partial charge on any atom is -0.310 e. The summed E-state index contributed by atoms with van der Waals surface area (Å²) in [7, 11) is 0. The standard InChI is InChI=1S/C37H26N2.4C2H6/c1-4-10-33-29(7-1)30-8-2-5-11-34(30)38(33)27-18-13-24(14-19-27)25-15-20-28(21-16-25)39-35-12-6-3-9-31(35)37-32-23-26(32)17-22-36(37)39;4*1-2/h1-22,26,32H,23H2;4*1-2H3. The second-order valence-corrected chi connectivity index (χ2v) is 11.0. The molecule has 0 saturated heterocycles. The lowest BCUT2D eigenvalue weighted by molar-refractivity contribution is 0.976. The Bertz CT molecular complexity index is 2030. The van der Waals surface area contributed by atoms with Crippen LogP contribution in [-0.4, -0.2) is 9.13 Å². The van der Waals surface area contributed by atoms with Crippen LogP contribution in [0.1, 0.15) is 79.0 Å². The largest absolute Gasteiger partial charge is 0.310 e. The van der Waals surface area contributed by atoms with E-state index in [1.54, 1.807) is 5.56 Å². The molecule has 0 amide bonds. The van der Waals surface area contributed by atoms with Crippen LogP contribution in [0.2, 0.25) is 0 Å². The molecule has 2 unspecified atom stereocenters. The predicted molar refractivity (Wildman–Crippen MR) is 208 cm³/mol. The first-order valence-electron chi connectivity index (χ1n) is 17.9. The smallest absolute Gasteiger partial charge is 0.0541 e. The number of para-hydroxylation sites is 3. The van der Waals surface area contributed by atoms with Gasteiger partial charge in [0.25, 0.3) is 0 Å². The normalized spacial score (nSPS) is 15.1. The summed E-state index contributed by atoms with van der Waals surface area (Å²) in [6.07, 6.45) is 6.06. The van der Waals surface area contributed by atoms with Crippen LogP contribution in [0.3, 0.4) is 0 Å². The number of nitrogens with zero attached hydrogens (tertiary/aromatic N) is 2. The Labute approximate surface area is 282 Å². The van der Waals surface area contributed by atoms with Gasteiger partial charge in [-0.25, -0.2) is 0 Å². The fraction of sp³-hybridized carbons (Fsp3) is 0.244. The van der Waals surface area contributed by atoms with E-state index in [2.05, 4.69) is 143 Å². The molecule has 0 radical (unpaired) electrons. The molecule has 9 rings (SSSR count). The third-order valence-corrected chi connectivity index (χ3v) is 8.83. The van der Waals surface area contributed by atoms with Gasteiger partial charge in [0.1, 0.15) is 0 Å². The van der Waals surface area contributed by atoms with Crippen LogP contribution < -0.4 is 0 Å². The van der Waals surface area contributed by atoms with Gasteiger partial charge in [0.05, 0.1) is 22.2 Å². The number of hydrogen-bond acceptors (Lipinski definition) is 0. The summed E-state index contributed by atoms with van der Waals surface area (Å²) < 4.78 is 4.82. The monoisotopic (exact) mass is 618 g/mol. The van der Waals surface area contributed by atoms with Crippen molar-refractivity contribution in [2.45, 2.75) is 67.7 Å². The average molecular weight is 619 g/mol. The lowest BCUT2D eigenvalue weighted by atomic mass is 10.0. The maximum absolute atomic E-state index is 2.45. The molecule has 1 fully saturated rings. The van der Waals surface area contributed by atoms with Gasteiger partial charge < -0.3 is 9.13 Å². The number of aromatic nitrogens is 2. The highest BCUT2D eigenvalue weighted by atomic mass is 15.0. The van der Waals surface area contributed by atoms with Crippen LogP contribution in [0.15, 0.2) is 127 Å². The van der Waals surface area contributed by atoms with Crippen LogP contribution in [0.4, 0.5) is 0 Å². The molecule has 2 heterocycles. The molecule has 0 bridgehead atoms. The molecule has 2 atom stereocenters. The van der Waals surface area contributed by atoms with E-state index in [0.29, 0.717) is 5.92 Å². The minimum absolute atomic E-state index is 0.698. The van der Waals surface area contributed by atoms with Crippen LogP contribution in [0, 0.1) is 5.92 Å². The fourth-order valence-corrected chi connectivity index (χ4v) is 6.90. The number of allylic oxidation sites excluding steroid dienone is 1. The van der Waals surface area contributed by atoms with Crippen molar-refractivity contribution >= 4 is 38.8 Å². The van der Waals surface area contributed by atoms with Gasteiger partial charge >= 0.3 is 0 Å². The van der Waals surface area contributed by atoms with Crippen LogP contribution in [0.25, 0.3) is 61.3 Å². The molecule has 0 aliphatic heterocycles. The number of benzene rings is 5. The number of hydrogen-bond donors (Lipinski definition) is 0. The Morgan fingerprint density at radius 1 is 0.447 bits per heavy atom. The highest BCUT2D eigenvalue weighted by Gasteiger charge is 2.42. The van der Waals surface area contributed by atoms with Gasteiger partial charge in [-0.05, 0) is 83.5 Å². The lowest BCUT2D eigenvalue weighted by Crippen LogP contribution is -1.99. The average Bonchev–Trinajstić information content (AvgIpc) is 3.79. The fourth-order valence-electron chi connectivity index (χ4n) is 6.90. The zero-order valence-corrected chi connectivity index (χ0v) is 29.5. The molecular formula is C45H50N2. The highest BCUT2D eigenvalue weighted by molar-refractivity contribution is 6.09. The van der Waals surface area contributed by atoms with Crippen molar-refractivity contribution in [1.29, 1.82) is 0 Å². The molecule has 0 N–H and O–H groups in total. The summed E-state index contributed by atoms with van der Waals surface area (Å²) >= 11 is 0. The summed E-state index contributed by atoms with van der Waals surface area (Å²) in [6.45, 7) is 16.0. The predicted octanol–water partition coefficient (Wildman–Crippen LogP) is 13.6. The third kappa shape index (κ3) is 5.94. The van der Waals surface area contributed by atoms with Crippen molar-refractivity contribution in [3.05, 3.63) is 139 Å². The van der Waals surface area contributed by atoms with E-state index in [-0.39, 0.29) is 0 Å². The van der Waals surface area contributed by atoms with Gasteiger partial charge in [0, 0.05) is 27.5 Å². The van der Waals surface area contributed by atoms with Crippen molar-refractivity contribution in [1.82, 2.24) is 9.13 Å². The van der Waals surface area contributed by atoms with E-state index in [4.69, 9.17) is 0 Å². The molecule has 1 saturated carbocycles. The molecule has 2 heteroatoms. The van der Waals surface area contributed by atoms with Gasteiger partial charge in [-0.3, -0.25) is 0 Å². The van der Waals surface area contributed by atoms with E-state index in [1.807, 2.05) is 55.4 Å². The SMILES string of the molecule is C1=CC2CC2c2c1n(-c1ccc(-c3ccc(-n4c5ccccc5c5ccccc54)cc3)cc1)c1ccccc21.CC.CC.CC.CC. The van der Waals surface area contributed by atoms with Gasteiger partial charge in [-0.2, -0.15) is 0 Å². The van der Waals surface area contributed by atoms with E-state index in [0.717, 1.165) is 5.92 Å². The molecule has 0 spiro atoms. The summed E-state index contributed by atoms with van der Waals surface area (Å²) in [5.41, 5.74) is 11.6. The Kier molecular flexibility index (Phi) is 10.8. The van der Waals surface area contributed by atoms with Crippen LogP contribution >= 0.6 is 0 Å². The molecule has 2 aliphatic rings. The van der Waals surface area contributed by atoms with Crippen molar-refractivity contribution in [2.75, 3.05) is 0 Å². The number of fused-ring (bicyclic) bond motifs is 8. The van der Waals surface area contributed by atoms with Crippen molar-refractivity contribution in [2.24, 2.45) is 5.92 Å². The summed E-state index contributed by atoms with van der Waals surface area (Å²) in [6, 6.07) is 44.3. The third-order valence-electron chi connectivity index (χ3n) is 8.83. The highest BCUT2D eigenvalue weighted by Crippen LogP contribution is 2.55. The van der Waals surface area contributed by atoms with Gasteiger partial charge in [0.15, 0.2) is 0 Å². The van der Waals surface area contributed by atoms with Gasteiger partial charge in [0.2, 0.25) is 0 Å². The Morgan fingerprint density at radius 3 is 1.34 bits per heavy atom. The van der Waals surface area contributed by atoms with Crippen LogP contribution in [-0.2, 0) is 0 Å². The van der Waals surface area contributed by atoms with Gasteiger partial charge in [-0.1, -0.05) is 140 Å². The van der Waals surface area contributed by atoms with Crippen molar-refractivity contribution < 1.29 is 0 Å². The number of rotatable bonds is 3. The Hall–Kier alpha value is -4.82. The van der Waals surface area contributed by atoms with Crippen molar-refractivity contribution in [3.63, 3.8) is 0 Å². The van der Waals surface area contributed by atoms with Crippen LogP contribution in [0.5, 0.6) is 0 Å². The summed E-state index contributed by atoms with van der Waals surface area (Å²) in [4.78, 5) is 0. The first-order chi connectivity index (χ1) is 23.3. The molecule has 47 heavy (non-hydrogen) atoms. The zero-order chi connectivity index (χ0) is 33.5. The van der Waals surface area contributed by atoms with E-state index in [1.165, 1.54) is 67.3 Å². The van der Waals surface area contributed by atoms with Gasteiger partial charge in [-0.15, -0.1) is 0 Å². The molecule has 2 nitrogen and oxygen atoms in total. The maximum Gasteiger partial charge on any atom is 0.0541 e.